The van der Waals surface area contributed by atoms with Crippen molar-refractivity contribution in [1.82, 2.24) is 0 Å². The zero-order chi connectivity index (χ0) is 10.7. The topological polar surface area (TPSA) is 61.1 Å². The van der Waals surface area contributed by atoms with Gasteiger partial charge < -0.3 is 5.11 Å². The largest absolute Gasteiger partial charge is 0.481 e. The van der Waals surface area contributed by atoms with E-state index >= 15 is 0 Å². The number of aliphatic carboxylic acids is 1. The van der Waals surface area contributed by atoms with Gasteiger partial charge in [0.25, 0.3) is 0 Å². The highest BCUT2D eigenvalue weighted by Gasteiger charge is 2.09. The maximum atomic E-state index is 10.5. The minimum absolute atomic E-state index is 0.144. The maximum absolute atomic E-state index is 10.5. The fourth-order valence-electron chi connectivity index (χ4n) is 1.00. The van der Waals surface area contributed by atoms with Gasteiger partial charge >= 0.3 is 5.97 Å². The Morgan fingerprint density at radius 3 is 2.50 bits per heavy atom. The zero-order valence-corrected chi connectivity index (χ0v) is 10.1. The molecule has 1 rings (SSSR count). The van der Waals surface area contributed by atoms with Crippen molar-refractivity contribution in [3.8, 4) is 6.07 Å². The van der Waals surface area contributed by atoms with Crippen LogP contribution in [-0.4, -0.2) is 11.1 Å². The Morgan fingerprint density at radius 1 is 1.43 bits per heavy atom. The molecule has 0 saturated heterocycles. The number of nitriles is 1. The Hall–Kier alpha value is -0.860. The lowest BCUT2D eigenvalue weighted by Gasteiger charge is -2.03. The van der Waals surface area contributed by atoms with Crippen LogP contribution in [0.4, 0.5) is 0 Å². The molecule has 0 amide bonds. The Morgan fingerprint density at radius 2 is 2.00 bits per heavy atom. The van der Waals surface area contributed by atoms with Gasteiger partial charge in [-0.15, -0.1) is 0 Å². The summed E-state index contributed by atoms with van der Waals surface area (Å²) in [6, 6.07) is 5.19. The van der Waals surface area contributed by atoms with Gasteiger partial charge in [-0.3, -0.25) is 4.79 Å². The van der Waals surface area contributed by atoms with E-state index in [9.17, 15) is 4.79 Å². The van der Waals surface area contributed by atoms with Crippen LogP contribution < -0.4 is 0 Å². The molecular weight excluding hydrogens is 314 g/mol. The van der Waals surface area contributed by atoms with E-state index in [0.717, 1.165) is 8.95 Å². The summed E-state index contributed by atoms with van der Waals surface area (Å²) in [7, 11) is 0. The summed E-state index contributed by atoms with van der Waals surface area (Å²) in [5.41, 5.74) is 0.887. The molecule has 0 unspecified atom stereocenters. The molecule has 1 aromatic rings. The zero-order valence-electron chi connectivity index (χ0n) is 6.92. The van der Waals surface area contributed by atoms with E-state index in [1.165, 1.54) is 0 Å². The van der Waals surface area contributed by atoms with Crippen molar-refractivity contribution in [1.29, 1.82) is 5.26 Å². The molecule has 0 aromatic heterocycles. The number of hydrogen-bond acceptors (Lipinski definition) is 2. The van der Waals surface area contributed by atoms with Crippen LogP contribution in [0, 0.1) is 11.3 Å². The summed E-state index contributed by atoms with van der Waals surface area (Å²) in [6.07, 6.45) is -0.144. The number of nitrogens with zero attached hydrogens (tertiary/aromatic N) is 1. The van der Waals surface area contributed by atoms with E-state index in [2.05, 4.69) is 31.9 Å². The molecule has 1 aromatic carbocycles. The van der Waals surface area contributed by atoms with Gasteiger partial charge in [-0.1, -0.05) is 0 Å². The van der Waals surface area contributed by atoms with Gasteiger partial charge in [-0.05, 0) is 49.6 Å². The van der Waals surface area contributed by atoms with E-state index in [1.54, 1.807) is 12.1 Å². The van der Waals surface area contributed by atoms with Gasteiger partial charge in [0.05, 0.1) is 18.1 Å². The summed E-state index contributed by atoms with van der Waals surface area (Å²) >= 11 is 6.49. The Bertz CT molecular complexity index is 424. The molecule has 0 bridgehead atoms. The van der Waals surface area contributed by atoms with Crippen LogP contribution >= 0.6 is 31.9 Å². The van der Waals surface area contributed by atoms with Crippen molar-refractivity contribution in [2.45, 2.75) is 6.42 Å². The quantitative estimate of drug-likeness (QED) is 0.912. The van der Waals surface area contributed by atoms with Gasteiger partial charge in [0.1, 0.15) is 0 Å². The lowest BCUT2D eigenvalue weighted by atomic mass is 10.1. The first-order valence-electron chi connectivity index (χ1n) is 3.64. The smallest absolute Gasteiger partial charge is 0.307 e. The molecule has 0 saturated carbocycles. The number of rotatable bonds is 2. The van der Waals surface area contributed by atoms with Gasteiger partial charge in [0, 0.05) is 8.95 Å². The third-order valence-corrected chi connectivity index (χ3v) is 3.45. The van der Waals surface area contributed by atoms with Gasteiger partial charge in [0.2, 0.25) is 0 Å². The average molecular weight is 319 g/mol. The molecule has 72 valence electrons. The second-order valence-corrected chi connectivity index (χ2v) is 4.31. The summed E-state index contributed by atoms with van der Waals surface area (Å²) in [4.78, 5) is 10.5. The molecular formula is C9H5Br2NO2. The Kier molecular flexibility index (Phi) is 3.67. The summed E-state index contributed by atoms with van der Waals surface area (Å²) in [6.45, 7) is 0. The highest BCUT2D eigenvalue weighted by molar-refractivity contribution is 9.13. The Labute approximate surface area is 97.6 Å². The molecule has 14 heavy (non-hydrogen) atoms. The fraction of sp³-hybridized carbons (Fsp3) is 0.111. The number of hydrogen-bond donors (Lipinski definition) is 1. The first kappa shape index (κ1) is 11.2. The minimum atomic E-state index is -0.948. The predicted octanol–water partition coefficient (Wildman–Crippen LogP) is 2.71. The second-order valence-electron chi connectivity index (χ2n) is 2.61. The van der Waals surface area contributed by atoms with Crippen LogP contribution in [0.1, 0.15) is 11.1 Å². The third-order valence-electron chi connectivity index (χ3n) is 1.61. The lowest BCUT2D eigenvalue weighted by Crippen LogP contribution is -2.02. The molecule has 3 nitrogen and oxygen atoms in total. The normalized spacial score (nSPS) is 9.50. The number of carboxylic acid groups (broad SMARTS) is 1. The summed E-state index contributed by atoms with van der Waals surface area (Å²) in [5.74, 6) is -0.948. The van der Waals surface area contributed by atoms with E-state index in [-0.39, 0.29) is 6.42 Å². The maximum Gasteiger partial charge on any atom is 0.307 e. The van der Waals surface area contributed by atoms with E-state index in [0.29, 0.717) is 11.1 Å². The van der Waals surface area contributed by atoms with E-state index in [4.69, 9.17) is 10.4 Å². The van der Waals surface area contributed by atoms with Crippen LogP contribution in [0.5, 0.6) is 0 Å². The molecule has 1 N–H and O–H groups in total. The molecule has 0 aliphatic carbocycles. The van der Waals surface area contributed by atoms with Crippen LogP contribution in [0.3, 0.4) is 0 Å². The van der Waals surface area contributed by atoms with Crippen LogP contribution in [0.15, 0.2) is 21.1 Å². The monoisotopic (exact) mass is 317 g/mol. The van der Waals surface area contributed by atoms with Gasteiger partial charge in [0.15, 0.2) is 0 Å². The summed E-state index contributed by atoms with van der Waals surface area (Å²) < 4.78 is 1.48. The standard InChI is InChI=1S/C9H5Br2NO2/c10-7-1-5(3-9(13)14)6(4-12)2-8(7)11/h1-2H,3H2,(H,13,14). The second kappa shape index (κ2) is 4.58. The predicted molar refractivity (Wildman–Crippen MR) is 57.9 cm³/mol. The Balaban J connectivity index is 3.22. The van der Waals surface area contributed by atoms with Crippen LogP contribution in [0.2, 0.25) is 0 Å². The van der Waals surface area contributed by atoms with Crippen molar-refractivity contribution in [3.05, 3.63) is 32.2 Å². The third kappa shape index (κ3) is 2.56. The van der Waals surface area contributed by atoms with Crippen molar-refractivity contribution < 1.29 is 9.90 Å². The summed E-state index contributed by atoms with van der Waals surface area (Å²) in [5, 5.41) is 17.4. The molecule has 0 atom stereocenters. The molecule has 0 spiro atoms. The van der Waals surface area contributed by atoms with Gasteiger partial charge in [-0.2, -0.15) is 5.26 Å². The number of halogens is 2. The molecule has 5 heteroatoms. The van der Waals surface area contributed by atoms with Gasteiger partial charge in [-0.25, -0.2) is 0 Å². The van der Waals surface area contributed by atoms with E-state index < -0.39 is 5.97 Å². The van der Waals surface area contributed by atoms with Crippen molar-refractivity contribution >= 4 is 37.8 Å². The molecule has 0 fully saturated rings. The lowest BCUT2D eigenvalue weighted by molar-refractivity contribution is -0.136. The van der Waals surface area contributed by atoms with Crippen molar-refractivity contribution in [2.75, 3.05) is 0 Å². The minimum Gasteiger partial charge on any atom is -0.481 e. The van der Waals surface area contributed by atoms with Crippen molar-refractivity contribution in [3.63, 3.8) is 0 Å². The fourth-order valence-corrected chi connectivity index (χ4v) is 1.74. The van der Waals surface area contributed by atoms with Crippen molar-refractivity contribution in [2.24, 2.45) is 0 Å². The first-order chi connectivity index (χ1) is 6.54. The SMILES string of the molecule is N#Cc1cc(Br)c(Br)cc1CC(=O)O. The molecule has 0 radical (unpaired) electrons. The number of benzene rings is 1. The van der Waals surface area contributed by atoms with E-state index in [1.807, 2.05) is 6.07 Å². The molecule has 0 heterocycles. The van der Waals surface area contributed by atoms with Crippen LogP contribution in [-0.2, 0) is 11.2 Å². The average Bonchev–Trinajstić information content (AvgIpc) is 2.10. The highest BCUT2D eigenvalue weighted by Crippen LogP contribution is 2.26. The molecule has 0 aliphatic rings. The molecule has 0 aliphatic heterocycles. The highest BCUT2D eigenvalue weighted by atomic mass is 79.9. The van der Waals surface area contributed by atoms with Crippen LogP contribution in [0.25, 0.3) is 0 Å². The first-order valence-corrected chi connectivity index (χ1v) is 5.23. The number of carboxylic acids is 1. The number of carbonyl (C=O) groups is 1.